The zero-order valence-electron chi connectivity index (χ0n) is 10.3. The number of benzene rings is 1. The lowest BCUT2D eigenvalue weighted by Gasteiger charge is -1.98. The first-order valence-corrected chi connectivity index (χ1v) is 6.87. The fraction of sp³-hybridized carbons (Fsp3) is 0.154. The van der Waals surface area contributed by atoms with E-state index in [1.54, 1.807) is 0 Å². The summed E-state index contributed by atoms with van der Waals surface area (Å²) in [6, 6.07) is 3.89. The monoisotopic (exact) mass is 290 g/mol. The second kappa shape index (κ2) is 4.11. The molecule has 0 radical (unpaired) electrons. The second-order valence-corrected chi connectivity index (χ2v) is 6.15. The lowest BCUT2D eigenvalue weighted by atomic mass is 10.1. The Morgan fingerprint density at radius 1 is 1.37 bits per heavy atom. The first-order valence-electron chi connectivity index (χ1n) is 5.64. The third-order valence-electron chi connectivity index (χ3n) is 3.00. The Morgan fingerprint density at radius 2 is 2.11 bits per heavy atom. The normalized spacial score (nSPS) is 13.6. The summed E-state index contributed by atoms with van der Waals surface area (Å²) >= 11 is 6.17. The van der Waals surface area contributed by atoms with Crippen molar-refractivity contribution < 1.29 is 9.90 Å². The van der Waals surface area contributed by atoms with E-state index in [4.69, 9.17) is 12.2 Å². The Morgan fingerprint density at radius 3 is 2.74 bits per heavy atom. The summed E-state index contributed by atoms with van der Waals surface area (Å²) in [6.07, 6.45) is 0. The number of aromatic nitrogens is 1. The molecule has 1 aromatic carbocycles. The van der Waals surface area contributed by atoms with Crippen LogP contribution in [-0.4, -0.2) is 16.0 Å². The number of hydrogen-bond acceptors (Lipinski definition) is 4. The van der Waals surface area contributed by atoms with E-state index in [0.29, 0.717) is 19.8 Å². The highest BCUT2D eigenvalue weighted by molar-refractivity contribution is 7.73. The van der Waals surface area contributed by atoms with Crippen LogP contribution in [0.1, 0.15) is 16.0 Å². The molecule has 1 aliphatic heterocycles. The van der Waals surface area contributed by atoms with Crippen LogP contribution in [-0.2, 0) is 4.79 Å². The van der Waals surface area contributed by atoms with Crippen molar-refractivity contribution in [3.05, 3.63) is 42.7 Å². The Balaban J connectivity index is 2.49. The van der Waals surface area contributed by atoms with Crippen molar-refractivity contribution in [1.29, 1.82) is 0 Å². The molecule has 3 rings (SSSR count). The van der Waals surface area contributed by atoms with Gasteiger partial charge in [-0.15, -0.1) is 11.3 Å². The summed E-state index contributed by atoms with van der Waals surface area (Å²) in [5.74, 6) is -0.398. The summed E-state index contributed by atoms with van der Waals surface area (Å²) in [7, 11) is 0. The maximum atomic E-state index is 12.1. The van der Waals surface area contributed by atoms with Gasteiger partial charge in [-0.2, -0.15) is 0 Å². The molecule has 0 aliphatic carbocycles. The number of fused-ring (bicyclic) bond motifs is 1. The van der Waals surface area contributed by atoms with Crippen LogP contribution in [0.3, 0.4) is 0 Å². The molecule has 2 aromatic rings. The lowest BCUT2D eigenvalue weighted by Crippen LogP contribution is -2.26. The number of nitrogens with zero attached hydrogens (tertiary/aromatic N) is 1. The molecule has 19 heavy (non-hydrogen) atoms. The molecule has 0 saturated heterocycles. The van der Waals surface area contributed by atoms with Gasteiger partial charge in [0, 0.05) is 5.22 Å². The van der Waals surface area contributed by atoms with Gasteiger partial charge in [0.25, 0.3) is 5.91 Å². The third kappa shape index (κ3) is 1.84. The molecule has 2 N–H and O–H groups in total. The van der Waals surface area contributed by atoms with Crippen molar-refractivity contribution in [3.8, 4) is 5.88 Å². The van der Waals surface area contributed by atoms with Crippen LogP contribution < -0.4 is 10.6 Å². The summed E-state index contributed by atoms with van der Waals surface area (Å²) < 4.78 is 0.436. The van der Waals surface area contributed by atoms with Gasteiger partial charge >= 0.3 is 0 Å². The van der Waals surface area contributed by atoms with Gasteiger partial charge in [0.05, 0.1) is 10.9 Å². The number of aryl methyl sites for hydroxylation is 2. The average Bonchev–Trinajstić information content (AvgIpc) is 2.78. The van der Waals surface area contributed by atoms with E-state index in [2.05, 4.69) is 9.98 Å². The Kier molecular flexibility index (Phi) is 2.65. The molecule has 1 aromatic heterocycles. The Labute approximate surface area is 117 Å². The van der Waals surface area contributed by atoms with Gasteiger partial charge in [0.1, 0.15) is 4.88 Å². The van der Waals surface area contributed by atoms with Gasteiger partial charge in [0.2, 0.25) is 5.88 Å². The van der Waals surface area contributed by atoms with Gasteiger partial charge in [-0.1, -0.05) is 11.6 Å². The number of hydrogen-bond donors (Lipinski definition) is 2. The van der Waals surface area contributed by atoms with Crippen LogP contribution in [0.4, 0.5) is 0 Å². The highest BCUT2D eigenvalue weighted by Gasteiger charge is 2.23. The maximum Gasteiger partial charge on any atom is 0.279 e. The number of amides is 1. The summed E-state index contributed by atoms with van der Waals surface area (Å²) in [6.45, 7) is 3.89. The van der Waals surface area contributed by atoms with Crippen molar-refractivity contribution in [2.75, 3.05) is 0 Å². The molecule has 0 saturated carbocycles. The fourth-order valence-corrected chi connectivity index (χ4v) is 3.41. The van der Waals surface area contributed by atoms with Crippen LogP contribution in [0.25, 0.3) is 5.57 Å². The molecule has 0 unspecified atom stereocenters. The van der Waals surface area contributed by atoms with Gasteiger partial charge in [-0.3, -0.25) is 4.79 Å². The average molecular weight is 290 g/mol. The van der Waals surface area contributed by atoms with Crippen LogP contribution in [0.5, 0.6) is 5.88 Å². The molecule has 0 atom stereocenters. The molecule has 1 amide bonds. The molecule has 0 fully saturated rings. The zero-order valence-corrected chi connectivity index (χ0v) is 11.9. The zero-order chi connectivity index (χ0) is 13.7. The summed E-state index contributed by atoms with van der Waals surface area (Å²) in [4.78, 5) is 19.3. The number of aromatic amines is 1. The quantitative estimate of drug-likeness (QED) is 0.782. The van der Waals surface area contributed by atoms with Crippen molar-refractivity contribution >= 4 is 35.0 Å². The molecule has 1 aliphatic rings. The van der Waals surface area contributed by atoms with Crippen molar-refractivity contribution in [2.45, 2.75) is 13.8 Å². The number of H-pyrrole nitrogens is 1. The van der Waals surface area contributed by atoms with Crippen molar-refractivity contribution in [1.82, 2.24) is 4.98 Å². The minimum absolute atomic E-state index is 0.0689. The molecule has 96 valence electrons. The summed E-state index contributed by atoms with van der Waals surface area (Å²) in [5, 5.41) is 11.3. The smallest absolute Gasteiger partial charge is 0.279 e. The molecule has 0 bridgehead atoms. The number of rotatable bonds is 1. The van der Waals surface area contributed by atoms with E-state index in [1.807, 2.05) is 26.0 Å². The predicted octanol–water partition coefficient (Wildman–Crippen LogP) is 1.49. The maximum absolute atomic E-state index is 12.1. The SMILES string of the molecule is Cc1cc(C)c2c(c1)=C(c1sc(=S)[nH]c1O)C(=O)N=2. The highest BCUT2D eigenvalue weighted by atomic mass is 32.1. The fourth-order valence-electron chi connectivity index (χ4n) is 2.28. The molecular weight excluding hydrogens is 280 g/mol. The highest BCUT2D eigenvalue weighted by Crippen LogP contribution is 2.29. The van der Waals surface area contributed by atoms with Crippen LogP contribution in [0, 0.1) is 17.8 Å². The number of thiazole rings is 1. The molecule has 0 spiro atoms. The number of aromatic hydroxyl groups is 1. The number of nitrogens with one attached hydrogen (secondary N) is 1. The number of carbonyl (C=O) groups is 1. The molecule has 6 heteroatoms. The van der Waals surface area contributed by atoms with Gasteiger partial charge in [-0.05, 0) is 37.7 Å². The first-order chi connectivity index (χ1) is 8.97. The van der Waals surface area contributed by atoms with Gasteiger partial charge < -0.3 is 10.1 Å². The Hall–Kier alpha value is -1.79. The summed E-state index contributed by atoms with van der Waals surface area (Å²) in [5.41, 5.74) is 2.44. The van der Waals surface area contributed by atoms with Crippen molar-refractivity contribution in [2.24, 2.45) is 4.99 Å². The minimum atomic E-state index is -0.329. The Bertz CT molecular complexity index is 890. The largest absolute Gasteiger partial charge is 0.494 e. The van der Waals surface area contributed by atoms with E-state index < -0.39 is 0 Å². The molecule has 4 nitrogen and oxygen atoms in total. The van der Waals surface area contributed by atoms with E-state index in [-0.39, 0.29) is 11.8 Å². The van der Waals surface area contributed by atoms with E-state index in [0.717, 1.165) is 16.3 Å². The van der Waals surface area contributed by atoms with E-state index in [9.17, 15) is 9.90 Å². The third-order valence-corrected chi connectivity index (χ3v) is 4.24. The minimum Gasteiger partial charge on any atom is -0.494 e. The molecular formula is C13H10N2O2S2. The van der Waals surface area contributed by atoms with Crippen molar-refractivity contribution in [3.63, 3.8) is 0 Å². The van der Waals surface area contributed by atoms with Gasteiger partial charge in [-0.25, -0.2) is 4.99 Å². The predicted molar refractivity (Wildman–Crippen MR) is 75.4 cm³/mol. The lowest BCUT2D eigenvalue weighted by molar-refractivity contribution is -0.112. The van der Waals surface area contributed by atoms with Crippen LogP contribution in [0.15, 0.2) is 17.1 Å². The first kappa shape index (κ1) is 12.3. The topological polar surface area (TPSA) is 65.4 Å². The van der Waals surface area contributed by atoms with Crippen LogP contribution >= 0.6 is 23.6 Å². The van der Waals surface area contributed by atoms with E-state index in [1.165, 1.54) is 11.3 Å². The number of carbonyl (C=O) groups excluding carboxylic acids is 1. The standard InChI is InChI=1S/C13H10N2O2S2/c1-5-3-6(2)9-7(4-5)8(11(16)14-9)10-12(17)15-13(18)19-10/h3-4,17H,1-2H3,(H,15,18). The van der Waals surface area contributed by atoms with Gasteiger partial charge in [0.15, 0.2) is 3.95 Å². The second-order valence-electron chi connectivity index (χ2n) is 4.46. The van der Waals surface area contributed by atoms with Crippen LogP contribution in [0.2, 0.25) is 0 Å². The van der Waals surface area contributed by atoms with E-state index >= 15 is 0 Å². The molecule has 2 heterocycles.